The first-order chi connectivity index (χ1) is 14.0. The van der Waals surface area contributed by atoms with Crippen molar-refractivity contribution in [2.45, 2.75) is 19.8 Å². The molecule has 0 aliphatic rings. The Balaban J connectivity index is 2.10. The van der Waals surface area contributed by atoms with Crippen LogP contribution >= 0.6 is 0 Å². The van der Waals surface area contributed by atoms with E-state index in [1.165, 1.54) is 42.5 Å². The standard InChI is InChI=1S/C21H19N3O5/c1-2-3-12-23-20(25)16(14-22)13-15-8-10-17(11-9-15)29-21(26)18-6-4-5-7-19(18)24(27)28/h4-11,13H,2-3,12H2,1H3,(H,23,25)/b16-13+. The largest absolute Gasteiger partial charge is 0.423 e. The Morgan fingerprint density at radius 3 is 2.52 bits per heavy atom. The van der Waals surface area contributed by atoms with Crippen molar-refractivity contribution in [2.24, 2.45) is 0 Å². The minimum absolute atomic E-state index is 0.0363. The highest BCUT2D eigenvalue weighted by molar-refractivity contribution is 6.01. The van der Waals surface area contributed by atoms with Gasteiger partial charge in [0, 0.05) is 12.6 Å². The zero-order chi connectivity index (χ0) is 21.2. The second-order valence-corrected chi connectivity index (χ2v) is 6.01. The van der Waals surface area contributed by atoms with Gasteiger partial charge in [0.2, 0.25) is 0 Å². The number of para-hydroxylation sites is 1. The van der Waals surface area contributed by atoms with Crippen LogP contribution in [0.15, 0.2) is 54.1 Å². The maximum atomic E-state index is 12.2. The van der Waals surface area contributed by atoms with Gasteiger partial charge in [-0.05, 0) is 36.3 Å². The van der Waals surface area contributed by atoms with Crippen LogP contribution in [-0.4, -0.2) is 23.3 Å². The second-order valence-electron chi connectivity index (χ2n) is 6.01. The topological polar surface area (TPSA) is 122 Å². The summed E-state index contributed by atoms with van der Waals surface area (Å²) in [6.07, 6.45) is 3.18. The molecule has 0 fully saturated rings. The fraction of sp³-hybridized carbons (Fsp3) is 0.190. The highest BCUT2D eigenvalue weighted by Crippen LogP contribution is 2.21. The van der Waals surface area contributed by atoms with E-state index >= 15 is 0 Å². The number of unbranched alkanes of at least 4 members (excludes halogenated alkanes) is 1. The average molecular weight is 393 g/mol. The number of hydrogen-bond donors (Lipinski definition) is 1. The number of nitro benzene ring substituents is 1. The summed E-state index contributed by atoms with van der Waals surface area (Å²) in [6.45, 7) is 2.49. The van der Waals surface area contributed by atoms with Gasteiger partial charge in [-0.1, -0.05) is 37.6 Å². The summed E-state index contributed by atoms with van der Waals surface area (Å²) in [5.41, 5.74) is 0.0326. The highest BCUT2D eigenvalue weighted by Gasteiger charge is 2.21. The third kappa shape index (κ3) is 6.01. The maximum absolute atomic E-state index is 12.2. The molecule has 1 amide bonds. The van der Waals surface area contributed by atoms with Crippen molar-refractivity contribution < 1.29 is 19.2 Å². The molecule has 2 aromatic rings. The maximum Gasteiger partial charge on any atom is 0.350 e. The lowest BCUT2D eigenvalue weighted by molar-refractivity contribution is -0.385. The first kappa shape index (κ1) is 21.3. The molecule has 0 radical (unpaired) electrons. The number of nitro groups is 1. The highest BCUT2D eigenvalue weighted by atomic mass is 16.6. The monoisotopic (exact) mass is 393 g/mol. The van der Waals surface area contributed by atoms with Gasteiger partial charge in [0.1, 0.15) is 23.0 Å². The quantitative estimate of drug-likeness (QED) is 0.139. The van der Waals surface area contributed by atoms with Crippen molar-refractivity contribution >= 4 is 23.6 Å². The molecule has 0 saturated carbocycles. The van der Waals surface area contributed by atoms with Crippen molar-refractivity contribution in [3.8, 4) is 11.8 Å². The number of amides is 1. The van der Waals surface area contributed by atoms with Gasteiger partial charge in [0.05, 0.1) is 4.92 Å². The summed E-state index contributed by atoms with van der Waals surface area (Å²) in [7, 11) is 0. The number of esters is 1. The van der Waals surface area contributed by atoms with E-state index in [9.17, 15) is 25.0 Å². The fourth-order valence-corrected chi connectivity index (χ4v) is 2.39. The molecular formula is C21H19N3O5. The van der Waals surface area contributed by atoms with Crippen LogP contribution in [0.2, 0.25) is 0 Å². The number of nitrogens with zero attached hydrogens (tertiary/aromatic N) is 2. The molecule has 29 heavy (non-hydrogen) atoms. The lowest BCUT2D eigenvalue weighted by atomic mass is 10.1. The van der Waals surface area contributed by atoms with Crippen molar-refractivity contribution in [1.29, 1.82) is 5.26 Å². The second kappa shape index (κ2) is 10.4. The van der Waals surface area contributed by atoms with Crippen LogP contribution in [-0.2, 0) is 4.79 Å². The van der Waals surface area contributed by atoms with Gasteiger partial charge in [-0.25, -0.2) is 4.79 Å². The smallest absolute Gasteiger partial charge is 0.350 e. The normalized spacial score (nSPS) is 10.7. The van der Waals surface area contributed by atoms with Gasteiger partial charge in [-0.3, -0.25) is 14.9 Å². The zero-order valence-electron chi connectivity index (χ0n) is 15.8. The van der Waals surface area contributed by atoms with E-state index < -0.39 is 16.8 Å². The Labute approximate surface area is 167 Å². The van der Waals surface area contributed by atoms with Crippen LogP contribution in [0.5, 0.6) is 5.75 Å². The molecule has 8 heteroatoms. The first-order valence-electron chi connectivity index (χ1n) is 8.92. The first-order valence-corrected chi connectivity index (χ1v) is 8.92. The summed E-state index contributed by atoms with van der Waals surface area (Å²) in [5.74, 6) is -1.13. The van der Waals surface area contributed by atoms with E-state index in [0.29, 0.717) is 12.1 Å². The number of carbonyl (C=O) groups excluding carboxylic acids is 2. The lowest BCUT2D eigenvalue weighted by Gasteiger charge is -2.06. The number of rotatable bonds is 8. The van der Waals surface area contributed by atoms with E-state index in [1.807, 2.05) is 13.0 Å². The average Bonchev–Trinajstić information content (AvgIpc) is 2.73. The van der Waals surface area contributed by atoms with Gasteiger partial charge >= 0.3 is 5.97 Å². The third-order valence-electron chi connectivity index (χ3n) is 3.90. The number of benzene rings is 2. The van der Waals surface area contributed by atoms with Crippen molar-refractivity contribution in [3.05, 3.63) is 75.3 Å². The molecule has 0 heterocycles. The molecule has 0 aliphatic carbocycles. The predicted octanol–water partition coefficient (Wildman–Crippen LogP) is 3.64. The molecule has 0 aliphatic heterocycles. The molecule has 0 unspecified atom stereocenters. The molecule has 0 bridgehead atoms. The molecule has 1 N–H and O–H groups in total. The van der Waals surface area contributed by atoms with Gasteiger partial charge in [0.15, 0.2) is 0 Å². The summed E-state index contributed by atoms with van der Waals surface area (Å²) in [6, 6.07) is 13.4. The molecule has 2 aromatic carbocycles. The van der Waals surface area contributed by atoms with E-state index in [4.69, 9.17) is 4.74 Å². The SMILES string of the molecule is CCCCNC(=O)/C(C#N)=C/c1ccc(OC(=O)c2ccccc2[N+](=O)[O-])cc1. The Hall–Kier alpha value is -3.99. The van der Waals surface area contributed by atoms with Gasteiger partial charge in [-0.2, -0.15) is 5.26 Å². The van der Waals surface area contributed by atoms with Gasteiger partial charge in [0.25, 0.3) is 11.6 Å². The van der Waals surface area contributed by atoms with Crippen LogP contribution in [0.25, 0.3) is 6.08 Å². The van der Waals surface area contributed by atoms with E-state index in [2.05, 4.69) is 5.32 Å². The van der Waals surface area contributed by atoms with Crippen molar-refractivity contribution in [3.63, 3.8) is 0 Å². The van der Waals surface area contributed by atoms with Gasteiger partial charge in [-0.15, -0.1) is 0 Å². The van der Waals surface area contributed by atoms with Crippen LogP contribution in [0.1, 0.15) is 35.7 Å². The number of nitrogens with one attached hydrogen (secondary N) is 1. The van der Waals surface area contributed by atoms with Crippen molar-refractivity contribution in [1.82, 2.24) is 5.32 Å². The molecule has 0 aromatic heterocycles. The van der Waals surface area contributed by atoms with Crippen LogP contribution in [0.3, 0.4) is 0 Å². The number of nitriles is 1. The minimum Gasteiger partial charge on any atom is -0.423 e. The summed E-state index contributed by atoms with van der Waals surface area (Å²) < 4.78 is 5.18. The molecule has 2 rings (SSSR count). The predicted molar refractivity (Wildman–Crippen MR) is 106 cm³/mol. The summed E-state index contributed by atoms with van der Waals surface area (Å²) >= 11 is 0. The zero-order valence-corrected chi connectivity index (χ0v) is 15.8. The van der Waals surface area contributed by atoms with Gasteiger partial charge < -0.3 is 10.1 Å². The number of carbonyl (C=O) groups is 2. The van der Waals surface area contributed by atoms with Crippen molar-refractivity contribution in [2.75, 3.05) is 6.54 Å². The molecule has 0 atom stereocenters. The Bertz CT molecular complexity index is 975. The van der Waals surface area contributed by atoms with E-state index in [1.54, 1.807) is 12.1 Å². The Morgan fingerprint density at radius 2 is 1.90 bits per heavy atom. The van der Waals surface area contributed by atoms with Crippen LogP contribution < -0.4 is 10.1 Å². The molecule has 0 spiro atoms. The third-order valence-corrected chi connectivity index (χ3v) is 3.90. The molecule has 148 valence electrons. The number of ether oxygens (including phenoxy) is 1. The van der Waals surface area contributed by atoms with Crippen LogP contribution in [0, 0.1) is 21.4 Å². The van der Waals surface area contributed by atoms with E-state index in [0.717, 1.165) is 12.8 Å². The van der Waals surface area contributed by atoms with E-state index in [-0.39, 0.29) is 22.6 Å². The Kier molecular flexibility index (Phi) is 7.62. The summed E-state index contributed by atoms with van der Waals surface area (Å²) in [4.78, 5) is 34.6. The molecule has 0 saturated heterocycles. The summed E-state index contributed by atoms with van der Waals surface area (Å²) in [5, 5.41) is 22.9. The molecular weight excluding hydrogens is 374 g/mol. The molecule has 8 nitrogen and oxygen atoms in total. The lowest BCUT2D eigenvalue weighted by Crippen LogP contribution is -2.25. The number of hydrogen-bond acceptors (Lipinski definition) is 6. The minimum atomic E-state index is -0.853. The fourth-order valence-electron chi connectivity index (χ4n) is 2.39. The van der Waals surface area contributed by atoms with Crippen LogP contribution in [0.4, 0.5) is 5.69 Å². The Morgan fingerprint density at radius 1 is 1.21 bits per heavy atom.